The lowest BCUT2D eigenvalue weighted by Gasteiger charge is -2.24. The fourth-order valence-corrected chi connectivity index (χ4v) is 1.90. The van der Waals surface area contributed by atoms with Gasteiger partial charge in [0.15, 0.2) is 0 Å². The number of ether oxygens (including phenoxy) is 2. The maximum atomic E-state index is 12.1. The van der Waals surface area contributed by atoms with E-state index in [-0.39, 0.29) is 25.0 Å². The molecular formula is C15H23N3O4. The van der Waals surface area contributed by atoms with Gasteiger partial charge in [-0.05, 0) is 26.0 Å². The lowest BCUT2D eigenvalue weighted by Crippen LogP contribution is -2.43. The number of rotatable bonds is 8. The van der Waals surface area contributed by atoms with Crippen LogP contribution >= 0.6 is 0 Å². The summed E-state index contributed by atoms with van der Waals surface area (Å²) < 4.78 is 10.3. The first-order valence-electron chi connectivity index (χ1n) is 6.91. The monoisotopic (exact) mass is 309 g/mol. The van der Waals surface area contributed by atoms with Crippen molar-refractivity contribution in [3.63, 3.8) is 0 Å². The van der Waals surface area contributed by atoms with Crippen LogP contribution in [0.1, 0.15) is 13.8 Å². The molecule has 0 fully saturated rings. The van der Waals surface area contributed by atoms with Gasteiger partial charge in [0.1, 0.15) is 11.5 Å². The Bertz CT molecular complexity index is 532. The van der Waals surface area contributed by atoms with E-state index in [1.165, 1.54) is 7.11 Å². The number of hydrogen-bond donors (Lipinski definition) is 2. The summed E-state index contributed by atoms with van der Waals surface area (Å²) in [5, 5.41) is 2.76. The highest BCUT2D eigenvalue weighted by atomic mass is 16.5. The number of nitrogens with zero attached hydrogens (tertiary/aromatic N) is 1. The van der Waals surface area contributed by atoms with Gasteiger partial charge in [-0.1, -0.05) is 0 Å². The molecule has 0 saturated heterocycles. The van der Waals surface area contributed by atoms with Crippen molar-refractivity contribution >= 4 is 17.5 Å². The fourth-order valence-electron chi connectivity index (χ4n) is 1.90. The molecule has 0 saturated carbocycles. The molecule has 0 aliphatic carbocycles. The van der Waals surface area contributed by atoms with Crippen molar-refractivity contribution in [3.05, 3.63) is 18.2 Å². The molecule has 0 atom stereocenters. The number of carbonyl (C=O) groups is 2. The van der Waals surface area contributed by atoms with Gasteiger partial charge < -0.3 is 20.5 Å². The van der Waals surface area contributed by atoms with E-state index in [0.29, 0.717) is 17.2 Å². The van der Waals surface area contributed by atoms with Crippen LogP contribution in [0.5, 0.6) is 11.5 Å². The van der Waals surface area contributed by atoms with Crippen LogP contribution in [0.3, 0.4) is 0 Å². The van der Waals surface area contributed by atoms with Crippen molar-refractivity contribution < 1.29 is 19.1 Å². The first kappa shape index (κ1) is 17.8. The second-order valence-electron chi connectivity index (χ2n) is 5.08. The van der Waals surface area contributed by atoms with E-state index in [9.17, 15) is 9.59 Å². The molecular weight excluding hydrogens is 286 g/mol. The van der Waals surface area contributed by atoms with E-state index in [4.69, 9.17) is 15.2 Å². The van der Waals surface area contributed by atoms with Crippen LogP contribution in [0.25, 0.3) is 0 Å². The van der Waals surface area contributed by atoms with Crippen molar-refractivity contribution in [2.45, 2.75) is 19.9 Å². The van der Waals surface area contributed by atoms with Crippen molar-refractivity contribution in [2.24, 2.45) is 5.73 Å². The molecule has 0 radical (unpaired) electrons. The first-order chi connectivity index (χ1) is 10.4. The van der Waals surface area contributed by atoms with E-state index in [2.05, 4.69) is 5.32 Å². The Morgan fingerprint density at radius 1 is 1.23 bits per heavy atom. The topological polar surface area (TPSA) is 93.9 Å². The summed E-state index contributed by atoms with van der Waals surface area (Å²) in [6, 6.07) is 5.13. The molecule has 122 valence electrons. The molecule has 1 rings (SSSR count). The molecule has 7 nitrogen and oxygen atoms in total. The van der Waals surface area contributed by atoms with Gasteiger partial charge >= 0.3 is 0 Å². The average Bonchev–Trinajstić information content (AvgIpc) is 2.46. The van der Waals surface area contributed by atoms with E-state index in [1.807, 2.05) is 13.8 Å². The zero-order chi connectivity index (χ0) is 16.7. The standard InChI is InChI=1S/C15H23N3O4/c1-10(2)18(8-14(16)19)9-15(20)17-12-6-5-11(21-3)7-13(12)22-4/h5-7,10H,8-9H2,1-4H3,(H2,16,19)(H,17,20). The third kappa shape index (κ3) is 5.25. The summed E-state index contributed by atoms with van der Waals surface area (Å²) in [6.07, 6.45) is 0. The number of nitrogens with two attached hydrogens (primary N) is 1. The van der Waals surface area contributed by atoms with E-state index in [1.54, 1.807) is 30.2 Å². The minimum atomic E-state index is -0.469. The number of benzene rings is 1. The van der Waals surface area contributed by atoms with Crippen molar-refractivity contribution in [1.29, 1.82) is 0 Å². The molecule has 22 heavy (non-hydrogen) atoms. The molecule has 0 aromatic heterocycles. The smallest absolute Gasteiger partial charge is 0.238 e. The van der Waals surface area contributed by atoms with Crippen molar-refractivity contribution in [3.8, 4) is 11.5 Å². The Morgan fingerprint density at radius 2 is 1.91 bits per heavy atom. The summed E-state index contributed by atoms with van der Waals surface area (Å²) in [5.74, 6) is 0.410. The highest BCUT2D eigenvalue weighted by Crippen LogP contribution is 2.28. The van der Waals surface area contributed by atoms with Crippen molar-refractivity contribution in [1.82, 2.24) is 4.90 Å². The predicted octanol–water partition coefficient (Wildman–Crippen LogP) is 0.838. The van der Waals surface area contributed by atoms with Gasteiger partial charge in [-0.3, -0.25) is 14.5 Å². The third-order valence-corrected chi connectivity index (χ3v) is 3.12. The summed E-state index contributed by atoms with van der Waals surface area (Å²) >= 11 is 0. The fraction of sp³-hybridized carbons (Fsp3) is 0.467. The second kappa shape index (κ2) is 8.23. The third-order valence-electron chi connectivity index (χ3n) is 3.12. The van der Waals surface area contributed by atoms with Crippen LogP contribution in [-0.2, 0) is 9.59 Å². The highest BCUT2D eigenvalue weighted by Gasteiger charge is 2.17. The number of amides is 2. The van der Waals surface area contributed by atoms with Gasteiger partial charge in [-0.2, -0.15) is 0 Å². The minimum absolute atomic E-state index is 0.0241. The molecule has 7 heteroatoms. The van der Waals surface area contributed by atoms with Crippen molar-refractivity contribution in [2.75, 3.05) is 32.6 Å². The maximum absolute atomic E-state index is 12.1. The molecule has 0 bridgehead atoms. The number of methoxy groups -OCH3 is 2. The van der Waals surface area contributed by atoms with Crippen LogP contribution in [0.15, 0.2) is 18.2 Å². The predicted molar refractivity (Wildman–Crippen MR) is 84.1 cm³/mol. The summed E-state index contributed by atoms with van der Waals surface area (Å²) in [4.78, 5) is 24.9. The molecule has 0 heterocycles. The van der Waals surface area contributed by atoms with Gasteiger partial charge in [0.05, 0.1) is 33.0 Å². The molecule has 0 unspecified atom stereocenters. The molecule has 3 N–H and O–H groups in total. The van der Waals surface area contributed by atoms with E-state index >= 15 is 0 Å². The van der Waals surface area contributed by atoms with Crippen LogP contribution in [-0.4, -0.2) is 50.1 Å². The van der Waals surface area contributed by atoms with Gasteiger partial charge in [0.2, 0.25) is 11.8 Å². The zero-order valence-corrected chi connectivity index (χ0v) is 13.4. The van der Waals surface area contributed by atoms with Crippen LogP contribution < -0.4 is 20.5 Å². The van der Waals surface area contributed by atoms with Crippen LogP contribution in [0.2, 0.25) is 0 Å². The molecule has 0 spiro atoms. The van der Waals surface area contributed by atoms with E-state index in [0.717, 1.165) is 0 Å². The van der Waals surface area contributed by atoms with Crippen LogP contribution in [0.4, 0.5) is 5.69 Å². The Morgan fingerprint density at radius 3 is 2.41 bits per heavy atom. The molecule has 1 aromatic rings. The Hall–Kier alpha value is -2.28. The quantitative estimate of drug-likeness (QED) is 0.742. The molecule has 0 aliphatic rings. The van der Waals surface area contributed by atoms with Gasteiger partial charge in [0, 0.05) is 12.1 Å². The van der Waals surface area contributed by atoms with E-state index < -0.39 is 5.91 Å². The Balaban J connectivity index is 2.77. The normalized spacial score (nSPS) is 10.6. The Kier molecular flexibility index (Phi) is 6.65. The SMILES string of the molecule is COc1ccc(NC(=O)CN(CC(N)=O)C(C)C)c(OC)c1. The summed E-state index contributed by atoms with van der Waals surface area (Å²) in [6.45, 7) is 3.88. The lowest BCUT2D eigenvalue weighted by molar-refractivity contribution is -0.121. The molecule has 1 aromatic carbocycles. The number of anilines is 1. The van der Waals surface area contributed by atoms with Gasteiger partial charge in [-0.25, -0.2) is 0 Å². The first-order valence-corrected chi connectivity index (χ1v) is 6.91. The number of hydrogen-bond acceptors (Lipinski definition) is 5. The lowest BCUT2D eigenvalue weighted by atomic mass is 10.2. The van der Waals surface area contributed by atoms with Crippen LogP contribution in [0, 0.1) is 0 Å². The minimum Gasteiger partial charge on any atom is -0.497 e. The number of carbonyl (C=O) groups excluding carboxylic acids is 2. The Labute approximate surface area is 130 Å². The number of primary amides is 1. The summed E-state index contributed by atoms with van der Waals surface area (Å²) in [5.41, 5.74) is 5.73. The largest absolute Gasteiger partial charge is 0.497 e. The zero-order valence-electron chi connectivity index (χ0n) is 13.4. The number of nitrogens with one attached hydrogen (secondary N) is 1. The average molecular weight is 309 g/mol. The van der Waals surface area contributed by atoms with Gasteiger partial charge in [0.25, 0.3) is 0 Å². The molecule has 0 aliphatic heterocycles. The maximum Gasteiger partial charge on any atom is 0.238 e. The highest BCUT2D eigenvalue weighted by molar-refractivity contribution is 5.94. The molecule has 2 amide bonds. The second-order valence-corrected chi connectivity index (χ2v) is 5.08. The van der Waals surface area contributed by atoms with Gasteiger partial charge in [-0.15, -0.1) is 0 Å². The summed E-state index contributed by atoms with van der Waals surface area (Å²) in [7, 11) is 3.06.